The maximum Gasteiger partial charge on any atom is 0.186 e. The molecule has 3 nitrogen and oxygen atoms in total. The lowest BCUT2D eigenvalue weighted by atomic mass is 9.98. The maximum atomic E-state index is 5.34. The van der Waals surface area contributed by atoms with Crippen molar-refractivity contribution >= 4 is 16.5 Å². The third-order valence-electron chi connectivity index (χ3n) is 3.27. The van der Waals surface area contributed by atoms with Crippen molar-refractivity contribution in [2.75, 3.05) is 25.0 Å². The second-order valence-electron chi connectivity index (χ2n) is 4.82. The number of anilines is 1. The number of thiazole rings is 1. The molecule has 1 atom stereocenters. The molecule has 0 amide bonds. The first-order chi connectivity index (χ1) is 8.74. The predicted octanol–water partition coefficient (Wildman–Crippen LogP) is 2.07. The van der Waals surface area contributed by atoms with Gasteiger partial charge in [0.1, 0.15) is 0 Å². The Morgan fingerprint density at radius 2 is 2.44 bits per heavy atom. The van der Waals surface area contributed by atoms with Crippen LogP contribution in [0.5, 0.6) is 0 Å². The molecule has 1 aliphatic rings. The van der Waals surface area contributed by atoms with Gasteiger partial charge in [0, 0.05) is 18.0 Å². The average Bonchev–Trinajstić information content (AvgIpc) is 2.79. The summed E-state index contributed by atoms with van der Waals surface area (Å²) in [5, 5.41) is 4.67. The minimum Gasteiger partial charge on any atom is -0.340 e. The molecule has 0 bridgehead atoms. The van der Waals surface area contributed by atoms with Crippen LogP contribution in [0.25, 0.3) is 0 Å². The van der Waals surface area contributed by atoms with E-state index in [0.29, 0.717) is 12.6 Å². The molecule has 0 radical (unpaired) electrons. The fourth-order valence-corrected chi connectivity index (χ4v) is 3.40. The van der Waals surface area contributed by atoms with E-state index in [-0.39, 0.29) is 0 Å². The summed E-state index contributed by atoms with van der Waals surface area (Å²) in [6, 6.07) is 0.628. The number of hydrogen-bond donors (Lipinski definition) is 1. The van der Waals surface area contributed by atoms with Gasteiger partial charge in [-0.1, -0.05) is 12.8 Å². The topological polar surface area (TPSA) is 28.2 Å². The molecule has 1 aromatic heterocycles. The van der Waals surface area contributed by atoms with Crippen molar-refractivity contribution in [3.8, 4) is 12.3 Å². The van der Waals surface area contributed by atoms with Crippen molar-refractivity contribution in [1.82, 2.24) is 10.3 Å². The fourth-order valence-electron chi connectivity index (χ4n) is 2.25. The normalized spacial score (nSPS) is 18.2. The molecule has 2 rings (SSSR count). The van der Waals surface area contributed by atoms with Gasteiger partial charge < -0.3 is 10.2 Å². The Balaban J connectivity index is 2.02. The van der Waals surface area contributed by atoms with E-state index in [2.05, 4.69) is 23.1 Å². The van der Waals surface area contributed by atoms with E-state index in [1.807, 2.05) is 7.05 Å². The highest BCUT2D eigenvalue weighted by Crippen LogP contribution is 2.31. The van der Waals surface area contributed by atoms with Gasteiger partial charge >= 0.3 is 0 Å². The van der Waals surface area contributed by atoms with Crippen LogP contribution in [0.1, 0.15) is 30.3 Å². The number of rotatable bonds is 5. The SMILES string of the molecule is C#CCN(C)c1nc2c(s1)C[C@@H](NCCC)CC2. The Labute approximate surface area is 114 Å². The van der Waals surface area contributed by atoms with E-state index >= 15 is 0 Å². The highest BCUT2D eigenvalue weighted by Gasteiger charge is 2.22. The van der Waals surface area contributed by atoms with Crippen molar-refractivity contribution in [1.29, 1.82) is 0 Å². The van der Waals surface area contributed by atoms with Crippen LogP contribution in [0.15, 0.2) is 0 Å². The van der Waals surface area contributed by atoms with Crippen molar-refractivity contribution in [2.24, 2.45) is 0 Å². The zero-order valence-electron chi connectivity index (χ0n) is 11.2. The lowest BCUT2D eigenvalue weighted by molar-refractivity contribution is 0.459. The summed E-state index contributed by atoms with van der Waals surface area (Å²) in [7, 11) is 2.01. The molecule has 0 unspecified atom stereocenters. The first-order valence-corrected chi connectivity index (χ1v) is 7.42. The van der Waals surface area contributed by atoms with Gasteiger partial charge in [-0.2, -0.15) is 0 Å². The molecule has 0 aliphatic heterocycles. The van der Waals surface area contributed by atoms with Gasteiger partial charge in [-0.3, -0.25) is 0 Å². The molecule has 98 valence electrons. The van der Waals surface area contributed by atoms with E-state index in [0.717, 1.165) is 24.5 Å². The molecule has 0 saturated heterocycles. The van der Waals surface area contributed by atoms with Crippen LogP contribution in [-0.4, -0.2) is 31.2 Å². The highest BCUT2D eigenvalue weighted by atomic mass is 32.1. The van der Waals surface area contributed by atoms with Crippen LogP contribution in [-0.2, 0) is 12.8 Å². The standard InChI is InChI=1S/C14H21N3S/c1-4-8-15-11-6-7-12-13(10-11)18-14(16-12)17(3)9-5-2/h2,11,15H,4,6-10H2,1,3H3/t11-/m0/s1. The molecule has 1 aliphatic carbocycles. The maximum absolute atomic E-state index is 5.34. The van der Waals surface area contributed by atoms with Crippen molar-refractivity contribution in [3.05, 3.63) is 10.6 Å². The Morgan fingerprint density at radius 3 is 3.17 bits per heavy atom. The average molecular weight is 263 g/mol. The summed E-state index contributed by atoms with van der Waals surface area (Å²) in [6.07, 6.45) is 9.96. The van der Waals surface area contributed by atoms with E-state index in [9.17, 15) is 0 Å². The van der Waals surface area contributed by atoms with Crippen LogP contribution >= 0.6 is 11.3 Å². The molecule has 1 aromatic rings. The largest absolute Gasteiger partial charge is 0.340 e. The second kappa shape index (κ2) is 6.21. The van der Waals surface area contributed by atoms with Gasteiger partial charge in [0.2, 0.25) is 0 Å². The summed E-state index contributed by atoms with van der Waals surface area (Å²) >= 11 is 1.80. The number of aryl methyl sites for hydroxylation is 1. The van der Waals surface area contributed by atoms with Gasteiger partial charge in [-0.25, -0.2) is 4.98 Å². The van der Waals surface area contributed by atoms with Crippen LogP contribution in [0.3, 0.4) is 0 Å². The van der Waals surface area contributed by atoms with Gasteiger partial charge in [-0.15, -0.1) is 17.8 Å². The van der Waals surface area contributed by atoms with Crippen LogP contribution < -0.4 is 10.2 Å². The molecule has 0 spiro atoms. The lowest BCUT2D eigenvalue weighted by Gasteiger charge is -2.21. The van der Waals surface area contributed by atoms with Gasteiger partial charge in [0.05, 0.1) is 12.2 Å². The molecule has 18 heavy (non-hydrogen) atoms. The predicted molar refractivity (Wildman–Crippen MR) is 78.3 cm³/mol. The molecular formula is C14H21N3S. The minimum absolute atomic E-state index is 0.628. The molecule has 4 heteroatoms. The summed E-state index contributed by atoms with van der Waals surface area (Å²) in [4.78, 5) is 8.20. The van der Waals surface area contributed by atoms with Crippen LogP contribution in [0.4, 0.5) is 5.13 Å². The number of fused-ring (bicyclic) bond motifs is 1. The lowest BCUT2D eigenvalue weighted by Crippen LogP contribution is -2.34. The van der Waals surface area contributed by atoms with Crippen LogP contribution in [0, 0.1) is 12.3 Å². The fraction of sp³-hybridized carbons (Fsp3) is 0.643. The van der Waals surface area contributed by atoms with E-state index in [4.69, 9.17) is 11.4 Å². The molecule has 0 saturated carbocycles. The smallest absolute Gasteiger partial charge is 0.186 e. The second-order valence-corrected chi connectivity index (χ2v) is 5.88. The Bertz CT molecular complexity index is 433. The molecule has 1 heterocycles. The van der Waals surface area contributed by atoms with E-state index < -0.39 is 0 Å². The molecule has 0 aromatic carbocycles. The van der Waals surface area contributed by atoms with Gasteiger partial charge in [0.15, 0.2) is 5.13 Å². The number of terminal acetylenes is 1. The monoisotopic (exact) mass is 263 g/mol. The summed E-state index contributed by atoms with van der Waals surface area (Å²) < 4.78 is 0. The molecular weight excluding hydrogens is 242 g/mol. The molecule has 0 fully saturated rings. The quantitative estimate of drug-likeness (QED) is 0.824. The third-order valence-corrected chi connectivity index (χ3v) is 4.50. The van der Waals surface area contributed by atoms with E-state index in [1.54, 1.807) is 11.3 Å². The zero-order valence-corrected chi connectivity index (χ0v) is 12.0. The summed E-state index contributed by atoms with van der Waals surface area (Å²) in [5.74, 6) is 2.66. The van der Waals surface area contributed by atoms with E-state index in [1.165, 1.54) is 23.4 Å². The number of hydrogen-bond acceptors (Lipinski definition) is 4. The molecule has 1 N–H and O–H groups in total. The van der Waals surface area contributed by atoms with Crippen molar-refractivity contribution in [2.45, 2.75) is 38.6 Å². The number of nitrogens with zero attached hydrogens (tertiary/aromatic N) is 2. The van der Waals surface area contributed by atoms with Crippen molar-refractivity contribution in [3.63, 3.8) is 0 Å². The Kier molecular flexibility index (Phi) is 4.62. The third kappa shape index (κ3) is 3.04. The summed E-state index contributed by atoms with van der Waals surface area (Å²) in [6.45, 7) is 3.95. The van der Waals surface area contributed by atoms with Crippen molar-refractivity contribution < 1.29 is 0 Å². The Morgan fingerprint density at radius 1 is 1.61 bits per heavy atom. The van der Waals surface area contributed by atoms with Gasteiger partial charge in [0.25, 0.3) is 0 Å². The highest BCUT2D eigenvalue weighted by molar-refractivity contribution is 7.15. The first kappa shape index (κ1) is 13.4. The van der Waals surface area contributed by atoms with Gasteiger partial charge in [-0.05, 0) is 32.2 Å². The first-order valence-electron chi connectivity index (χ1n) is 6.61. The summed E-state index contributed by atoms with van der Waals surface area (Å²) in [5.41, 5.74) is 1.29. The number of aromatic nitrogens is 1. The zero-order chi connectivity index (χ0) is 13.0. The van der Waals surface area contributed by atoms with Crippen LogP contribution in [0.2, 0.25) is 0 Å². The number of nitrogens with one attached hydrogen (secondary N) is 1. The Hall–Kier alpha value is -1.05. The minimum atomic E-state index is 0.628.